The lowest BCUT2D eigenvalue weighted by Crippen LogP contribution is -2.51. The third-order valence-electron chi connectivity index (χ3n) is 5.75. The Labute approximate surface area is 206 Å². The number of hydrogen-bond donors (Lipinski definition) is 0. The van der Waals surface area contributed by atoms with Crippen LogP contribution in [0, 0.1) is 0 Å². The van der Waals surface area contributed by atoms with Gasteiger partial charge in [0.2, 0.25) is 0 Å². The Balaban J connectivity index is 1.97. The molecule has 1 saturated heterocycles. The van der Waals surface area contributed by atoms with Gasteiger partial charge in [-0.3, -0.25) is 9.59 Å². The van der Waals surface area contributed by atoms with Crippen LogP contribution >= 0.6 is 23.2 Å². The fraction of sp³-hybridized carbons (Fsp3) is 0.462. The fourth-order valence-corrected chi connectivity index (χ4v) is 4.33. The van der Waals surface area contributed by atoms with Crippen molar-refractivity contribution in [1.82, 2.24) is 4.90 Å². The molecule has 3 atom stereocenters. The van der Waals surface area contributed by atoms with Crippen LogP contribution in [0.2, 0.25) is 10.0 Å². The lowest BCUT2D eigenvalue weighted by molar-refractivity contribution is -0.180. The highest BCUT2D eigenvalue weighted by atomic mass is 35.5. The molecule has 3 rings (SSSR count). The van der Waals surface area contributed by atoms with Gasteiger partial charge in [0.25, 0.3) is 5.91 Å². The molecule has 33 heavy (non-hydrogen) atoms. The van der Waals surface area contributed by atoms with Crippen LogP contribution in [0.1, 0.15) is 69.2 Å². The topological polar surface area (TPSA) is 55.8 Å². The second-order valence-corrected chi connectivity index (χ2v) is 9.13. The molecule has 5 nitrogen and oxygen atoms in total. The van der Waals surface area contributed by atoms with Crippen molar-refractivity contribution in [3.63, 3.8) is 0 Å². The van der Waals surface area contributed by atoms with Crippen LogP contribution in [0.4, 0.5) is 0 Å². The minimum Gasteiger partial charge on any atom is -0.466 e. The van der Waals surface area contributed by atoms with Crippen molar-refractivity contribution >= 4 is 35.1 Å². The number of amides is 1. The predicted octanol–water partition coefficient (Wildman–Crippen LogP) is 6.54. The molecule has 7 heteroatoms. The van der Waals surface area contributed by atoms with Gasteiger partial charge in [-0.1, -0.05) is 74.2 Å². The van der Waals surface area contributed by atoms with Crippen molar-refractivity contribution < 1.29 is 19.1 Å². The van der Waals surface area contributed by atoms with Crippen molar-refractivity contribution in [1.29, 1.82) is 0 Å². The maximum atomic E-state index is 13.5. The zero-order chi connectivity index (χ0) is 23.8. The lowest BCUT2D eigenvalue weighted by Gasteiger charge is -2.45. The molecule has 178 valence electrons. The van der Waals surface area contributed by atoms with E-state index in [4.69, 9.17) is 32.7 Å². The quantitative estimate of drug-likeness (QED) is 0.279. The highest BCUT2D eigenvalue weighted by Gasteiger charge is 2.44. The van der Waals surface area contributed by atoms with Gasteiger partial charge in [0, 0.05) is 16.6 Å². The summed E-state index contributed by atoms with van der Waals surface area (Å²) < 4.78 is 11.6. The van der Waals surface area contributed by atoms with Crippen molar-refractivity contribution in [2.75, 3.05) is 13.2 Å². The zero-order valence-corrected chi connectivity index (χ0v) is 20.6. The number of nitrogens with zero attached hydrogens (tertiary/aromatic N) is 1. The first kappa shape index (κ1) is 25.5. The molecule has 0 N–H and O–H groups in total. The van der Waals surface area contributed by atoms with Crippen molar-refractivity contribution in [2.45, 2.75) is 64.2 Å². The number of halogens is 2. The van der Waals surface area contributed by atoms with E-state index in [9.17, 15) is 9.59 Å². The van der Waals surface area contributed by atoms with E-state index in [1.807, 2.05) is 54.3 Å². The Bertz CT molecular complexity index is 934. The summed E-state index contributed by atoms with van der Waals surface area (Å²) in [5.41, 5.74) is 1.76. The number of unbranched alkanes of at least 4 members (excludes halogenated alkanes) is 2. The maximum absolute atomic E-state index is 13.5. The first-order valence-electron chi connectivity index (χ1n) is 11.6. The zero-order valence-electron chi connectivity index (χ0n) is 19.1. The molecule has 0 aromatic heterocycles. The van der Waals surface area contributed by atoms with Gasteiger partial charge in [-0.15, -0.1) is 0 Å². The molecular weight excluding hydrogens is 461 g/mol. The number of morpholine rings is 1. The van der Waals surface area contributed by atoms with Gasteiger partial charge in [-0.05, 0) is 48.2 Å². The van der Waals surface area contributed by atoms with Crippen LogP contribution in [0.25, 0.3) is 0 Å². The second kappa shape index (κ2) is 12.4. The molecule has 2 aromatic rings. The maximum Gasteiger partial charge on any atom is 0.308 e. The van der Waals surface area contributed by atoms with Crippen LogP contribution in [-0.2, 0) is 19.1 Å². The average Bonchev–Trinajstić information content (AvgIpc) is 2.80. The smallest absolute Gasteiger partial charge is 0.308 e. The minimum absolute atomic E-state index is 0.115. The molecule has 0 spiro atoms. The second-order valence-electron chi connectivity index (χ2n) is 8.26. The van der Waals surface area contributed by atoms with Crippen LogP contribution in [-0.4, -0.2) is 36.0 Å². The summed E-state index contributed by atoms with van der Waals surface area (Å²) in [5, 5.41) is 1.20. The Hall–Kier alpha value is -2.08. The average molecular weight is 492 g/mol. The van der Waals surface area contributed by atoms with Crippen molar-refractivity contribution in [2.24, 2.45) is 0 Å². The van der Waals surface area contributed by atoms with Crippen LogP contribution in [0.3, 0.4) is 0 Å². The molecule has 1 heterocycles. The number of carbonyl (C=O) groups excluding carboxylic acids is 2. The van der Waals surface area contributed by atoms with E-state index in [1.54, 1.807) is 6.07 Å². The number of carbonyl (C=O) groups is 2. The van der Waals surface area contributed by atoms with Gasteiger partial charge >= 0.3 is 5.97 Å². The number of rotatable bonds is 10. The monoisotopic (exact) mass is 491 g/mol. The molecule has 2 aromatic carbocycles. The summed E-state index contributed by atoms with van der Waals surface area (Å²) in [6.45, 7) is 5.02. The molecule has 0 bridgehead atoms. The Kier molecular flexibility index (Phi) is 9.60. The Morgan fingerprint density at radius 1 is 1.00 bits per heavy atom. The molecular formula is C26H31Cl2NO4. The van der Waals surface area contributed by atoms with Gasteiger partial charge in [-0.2, -0.15) is 0 Å². The number of benzene rings is 2. The largest absolute Gasteiger partial charge is 0.466 e. The van der Waals surface area contributed by atoms with Gasteiger partial charge in [0.15, 0.2) is 0 Å². The summed E-state index contributed by atoms with van der Waals surface area (Å²) in [6.07, 6.45) is 1.97. The van der Waals surface area contributed by atoms with Gasteiger partial charge < -0.3 is 14.4 Å². The number of esters is 1. The van der Waals surface area contributed by atoms with Crippen LogP contribution < -0.4 is 0 Å². The number of hydrogen-bond acceptors (Lipinski definition) is 4. The normalized spacial score (nSPS) is 20.7. The third kappa shape index (κ3) is 6.72. The predicted molar refractivity (Wildman–Crippen MR) is 130 cm³/mol. The van der Waals surface area contributed by atoms with E-state index in [0.29, 0.717) is 23.2 Å². The van der Waals surface area contributed by atoms with Crippen LogP contribution in [0.15, 0.2) is 48.5 Å². The lowest BCUT2D eigenvalue weighted by atomic mass is 9.91. The van der Waals surface area contributed by atoms with Gasteiger partial charge in [-0.25, -0.2) is 0 Å². The molecule has 1 aliphatic rings. The van der Waals surface area contributed by atoms with Gasteiger partial charge in [0.1, 0.15) is 12.2 Å². The van der Waals surface area contributed by atoms with E-state index in [0.717, 1.165) is 36.8 Å². The molecule has 0 radical (unpaired) electrons. The fourth-order valence-electron chi connectivity index (χ4n) is 4.01. The van der Waals surface area contributed by atoms with E-state index < -0.39 is 18.2 Å². The SMILES string of the molecule is CCCCOC(=O)C[C@@H]1O[C@H](c2cccc(Cl)c2)[C@@H](c2ccc(Cl)cc2)N(CCCC)C1=O. The minimum atomic E-state index is -0.913. The highest BCUT2D eigenvalue weighted by Crippen LogP contribution is 2.43. The van der Waals surface area contributed by atoms with E-state index in [1.165, 1.54) is 0 Å². The summed E-state index contributed by atoms with van der Waals surface area (Å²) >= 11 is 12.4. The molecule has 1 fully saturated rings. The van der Waals surface area contributed by atoms with Crippen molar-refractivity contribution in [3.8, 4) is 0 Å². The Morgan fingerprint density at radius 2 is 1.73 bits per heavy atom. The number of ether oxygens (including phenoxy) is 2. The first-order valence-corrected chi connectivity index (χ1v) is 12.3. The summed E-state index contributed by atoms with van der Waals surface area (Å²) in [7, 11) is 0. The highest BCUT2D eigenvalue weighted by molar-refractivity contribution is 6.30. The molecule has 1 aliphatic heterocycles. The van der Waals surface area contributed by atoms with Crippen LogP contribution in [0.5, 0.6) is 0 Å². The van der Waals surface area contributed by atoms with Crippen molar-refractivity contribution in [3.05, 3.63) is 69.7 Å². The first-order chi connectivity index (χ1) is 15.9. The summed E-state index contributed by atoms with van der Waals surface area (Å²) in [4.78, 5) is 27.8. The summed E-state index contributed by atoms with van der Waals surface area (Å²) in [5.74, 6) is -0.624. The van der Waals surface area contributed by atoms with E-state index in [-0.39, 0.29) is 18.4 Å². The molecule has 0 aliphatic carbocycles. The standard InChI is InChI=1S/C26H31Cl2NO4/c1-3-5-14-29-24(18-10-12-20(27)13-11-18)25(19-8-7-9-21(28)16-19)33-22(26(29)31)17-23(30)32-15-6-4-2/h7-13,16,22,24-25H,3-6,14-15,17H2,1-2H3/t22-,24+,25+/m0/s1. The molecule has 0 saturated carbocycles. The molecule has 1 amide bonds. The van der Waals surface area contributed by atoms with Gasteiger partial charge in [0.05, 0.1) is 19.1 Å². The summed E-state index contributed by atoms with van der Waals surface area (Å²) in [6, 6.07) is 14.5. The molecule has 0 unspecified atom stereocenters. The third-order valence-corrected chi connectivity index (χ3v) is 6.23. The van der Waals surface area contributed by atoms with E-state index >= 15 is 0 Å². The Morgan fingerprint density at radius 3 is 2.39 bits per heavy atom. The van der Waals surface area contributed by atoms with E-state index in [2.05, 4.69) is 6.92 Å².